The molecule has 9 heteroatoms. The Labute approximate surface area is 217 Å². The van der Waals surface area contributed by atoms with Crippen LogP contribution >= 0.6 is 22.6 Å². The number of piperidine rings is 3. The largest absolute Gasteiger partial charge is 0.489 e. The number of nitrogens with zero attached hydrogens (tertiary/aromatic N) is 3. The van der Waals surface area contributed by atoms with Gasteiger partial charge in [-0.25, -0.2) is 9.59 Å². The van der Waals surface area contributed by atoms with E-state index < -0.39 is 11.9 Å². The lowest BCUT2D eigenvalue weighted by Gasteiger charge is -2.45. The van der Waals surface area contributed by atoms with Gasteiger partial charge in [-0.05, 0) is 102 Å². The number of benzene rings is 2. The highest BCUT2D eigenvalue weighted by atomic mass is 127. The van der Waals surface area contributed by atoms with Crippen molar-refractivity contribution < 1.29 is 24.5 Å². The maximum absolute atomic E-state index is 9.55. The van der Waals surface area contributed by atoms with Crippen LogP contribution in [-0.2, 0) is 22.7 Å². The summed E-state index contributed by atoms with van der Waals surface area (Å²) >= 11 is 2.41. The fourth-order valence-corrected chi connectivity index (χ4v) is 6.02. The highest BCUT2D eigenvalue weighted by Crippen LogP contribution is 2.40. The second-order valence-corrected chi connectivity index (χ2v) is 10.7. The van der Waals surface area contributed by atoms with Crippen molar-refractivity contribution >= 4 is 45.9 Å². The number of fused-ring (bicyclic) bond motifs is 9. The third kappa shape index (κ3) is 5.40. The van der Waals surface area contributed by atoms with E-state index in [1.54, 1.807) is 0 Å². The smallest absolute Gasteiger partial charge is 0.328 e. The molecule has 0 saturated carbocycles. The van der Waals surface area contributed by atoms with E-state index in [-0.39, 0.29) is 0 Å². The Hall–Kier alpha value is -2.79. The van der Waals surface area contributed by atoms with Gasteiger partial charge in [0.05, 0.1) is 6.67 Å². The Bertz CT molecular complexity index is 1150. The van der Waals surface area contributed by atoms with Gasteiger partial charge >= 0.3 is 11.9 Å². The average molecular weight is 589 g/mol. The zero-order valence-corrected chi connectivity index (χ0v) is 21.4. The minimum atomic E-state index is -1.26. The van der Waals surface area contributed by atoms with Gasteiger partial charge in [-0.15, -0.1) is 0 Å². The van der Waals surface area contributed by atoms with Gasteiger partial charge in [0.1, 0.15) is 11.9 Å². The number of rotatable bonds is 4. The molecule has 7 rings (SSSR count). The molecule has 5 aliphatic rings. The van der Waals surface area contributed by atoms with Crippen molar-refractivity contribution in [2.45, 2.75) is 32.0 Å². The van der Waals surface area contributed by atoms with Crippen LogP contribution < -0.4 is 14.5 Å². The van der Waals surface area contributed by atoms with E-state index in [1.165, 1.54) is 52.0 Å². The summed E-state index contributed by atoms with van der Waals surface area (Å²) in [5.74, 6) is -0.718. The normalized spacial score (nSPS) is 23.7. The van der Waals surface area contributed by atoms with E-state index in [2.05, 4.69) is 73.7 Å². The number of aliphatic carboxylic acids is 2. The molecule has 5 aliphatic heterocycles. The number of anilines is 2. The summed E-state index contributed by atoms with van der Waals surface area (Å²) < 4.78 is 7.80. The molecule has 5 heterocycles. The van der Waals surface area contributed by atoms with Gasteiger partial charge in [0.25, 0.3) is 0 Å². The number of carbonyl (C=O) groups is 2. The maximum atomic E-state index is 9.55. The Morgan fingerprint density at radius 2 is 1.51 bits per heavy atom. The lowest BCUT2D eigenvalue weighted by atomic mass is 9.86. The lowest BCUT2D eigenvalue weighted by Crippen LogP contribution is -2.52. The first-order chi connectivity index (χ1) is 16.9. The third-order valence-electron chi connectivity index (χ3n) is 7.09. The van der Waals surface area contributed by atoms with E-state index >= 15 is 0 Å². The molecule has 1 unspecified atom stereocenters. The third-order valence-corrected chi connectivity index (χ3v) is 7.76. The molecule has 0 spiro atoms. The molecule has 0 radical (unpaired) electrons. The molecule has 2 N–H and O–H groups in total. The van der Waals surface area contributed by atoms with Crippen LogP contribution in [-0.4, -0.2) is 59.5 Å². The minimum Gasteiger partial charge on any atom is -0.489 e. The summed E-state index contributed by atoms with van der Waals surface area (Å²) in [6, 6.07) is 13.6. The van der Waals surface area contributed by atoms with Crippen molar-refractivity contribution in [3.05, 3.63) is 63.2 Å². The topological polar surface area (TPSA) is 93.5 Å². The fraction of sp³-hybridized carbons (Fsp3) is 0.385. The molecule has 8 nitrogen and oxygen atoms in total. The molecular weight excluding hydrogens is 561 g/mol. The molecule has 3 saturated heterocycles. The van der Waals surface area contributed by atoms with Gasteiger partial charge in [-0.2, -0.15) is 0 Å². The van der Waals surface area contributed by atoms with Crippen LogP contribution in [0.25, 0.3) is 0 Å². The Morgan fingerprint density at radius 3 is 2.09 bits per heavy atom. The van der Waals surface area contributed by atoms with E-state index in [0.717, 1.165) is 38.0 Å². The molecule has 0 aliphatic carbocycles. The van der Waals surface area contributed by atoms with Crippen molar-refractivity contribution in [1.82, 2.24) is 4.90 Å². The van der Waals surface area contributed by atoms with Gasteiger partial charge in [0.2, 0.25) is 0 Å². The van der Waals surface area contributed by atoms with Crippen LogP contribution in [0.15, 0.2) is 48.6 Å². The van der Waals surface area contributed by atoms with Crippen LogP contribution in [0.3, 0.4) is 0 Å². The fourth-order valence-electron chi connectivity index (χ4n) is 5.46. The molecule has 0 aromatic heterocycles. The monoisotopic (exact) mass is 589 g/mol. The number of halogens is 1. The first kappa shape index (κ1) is 23.9. The van der Waals surface area contributed by atoms with Gasteiger partial charge in [0.15, 0.2) is 0 Å². The maximum Gasteiger partial charge on any atom is 0.328 e. The minimum absolute atomic E-state index is 0.372. The van der Waals surface area contributed by atoms with Gasteiger partial charge < -0.3 is 24.7 Å². The van der Waals surface area contributed by atoms with E-state index in [9.17, 15) is 9.59 Å². The number of carboxylic acids is 2. The average Bonchev–Trinajstić information content (AvgIpc) is 2.84. The van der Waals surface area contributed by atoms with Crippen LogP contribution in [0.4, 0.5) is 11.4 Å². The Morgan fingerprint density at radius 1 is 0.914 bits per heavy atom. The zero-order chi connectivity index (χ0) is 24.5. The SMILES string of the molecule is Ic1ccc2c(c1)CN1CN2Cc2cc(OC3CN4CCC3CC4)ccc21.O=C(O)/C=C/C(=O)O. The molecule has 3 fully saturated rings. The number of hydrogen-bond acceptors (Lipinski definition) is 6. The van der Waals surface area contributed by atoms with Crippen molar-refractivity contribution in [2.75, 3.05) is 36.1 Å². The van der Waals surface area contributed by atoms with Crippen molar-refractivity contribution in [3.8, 4) is 5.75 Å². The number of hydrogen-bond donors (Lipinski definition) is 2. The molecule has 1 atom stereocenters. The van der Waals surface area contributed by atoms with Crippen LogP contribution in [0.1, 0.15) is 24.0 Å². The van der Waals surface area contributed by atoms with E-state index in [4.69, 9.17) is 14.9 Å². The van der Waals surface area contributed by atoms with E-state index in [1.807, 2.05) is 0 Å². The summed E-state index contributed by atoms with van der Waals surface area (Å²) in [6.07, 6.45) is 4.08. The molecular formula is C26H28IN3O5. The first-order valence-electron chi connectivity index (χ1n) is 11.8. The standard InChI is InChI=1S/C22H24IN3O.C4H4O4/c23-18-1-3-20-16(9-18)11-25-14-26(20)12-17-10-19(2-4-21(17)25)27-22-13-24-7-5-15(22)6-8-24;5-3(6)1-2-4(7)8/h1-4,9-10,15,22H,5-8,11-14H2;1-2H,(H,5,6)(H,7,8)/b;2-1+. The molecule has 2 aromatic carbocycles. The zero-order valence-electron chi connectivity index (χ0n) is 19.3. The number of ether oxygens (including phenoxy) is 1. The molecule has 4 bridgehead atoms. The predicted octanol–water partition coefficient (Wildman–Crippen LogP) is 3.77. The summed E-state index contributed by atoms with van der Waals surface area (Å²) in [5, 5.41) is 15.6. The summed E-state index contributed by atoms with van der Waals surface area (Å²) in [4.78, 5) is 26.7. The second kappa shape index (κ2) is 10.1. The lowest BCUT2D eigenvalue weighted by molar-refractivity contribution is -0.134. The first-order valence-corrected chi connectivity index (χ1v) is 12.9. The summed E-state index contributed by atoms with van der Waals surface area (Å²) in [6.45, 7) is 6.58. The van der Waals surface area contributed by atoms with Gasteiger partial charge in [0, 0.05) is 46.7 Å². The summed E-state index contributed by atoms with van der Waals surface area (Å²) in [5.41, 5.74) is 5.59. The van der Waals surface area contributed by atoms with Crippen molar-refractivity contribution in [3.63, 3.8) is 0 Å². The molecule has 35 heavy (non-hydrogen) atoms. The Kier molecular flexibility index (Phi) is 6.88. The Balaban J connectivity index is 0.000000277. The molecule has 184 valence electrons. The van der Waals surface area contributed by atoms with Gasteiger partial charge in [-0.1, -0.05) is 0 Å². The van der Waals surface area contributed by atoms with Crippen LogP contribution in [0.5, 0.6) is 5.75 Å². The second-order valence-electron chi connectivity index (χ2n) is 9.41. The highest BCUT2D eigenvalue weighted by Gasteiger charge is 2.36. The van der Waals surface area contributed by atoms with Crippen LogP contribution in [0.2, 0.25) is 0 Å². The van der Waals surface area contributed by atoms with Crippen LogP contribution in [0, 0.1) is 9.49 Å². The van der Waals surface area contributed by atoms with E-state index in [0.29, 0.717) is 18.3 Å². The highest BCUT2D eigenvalue weighted by molar-refractivity contribution is 14.1. The van der Waals surface area contributed by atoms with Crippen molar-refractivity contribution in [1.29, 1.82) is 0 Å². The predicted molar refractivity (Wildman–Crippen MR) is 141 cm³/mol. The quantitative estimate of drug-likeness (QED) is 0.412. The summed E-state index contributed by atoms with van der Waals surface area (Å²) in [7, 11) is 0. The van der Waals surface area contributed by atoms with Crippen molar-refractivity contribution in [2.24, 2.45) is 5.92 Å². The molecule has 2 aromatic rings. The van der Waals surface area contributed by atoms with Gasteiger partial charge in [-0.3, -0.25) is 4.90 Å². The number of carboxylic acid groups (broad SMARTS) is 2. The molecule has 0 amide bonds.